The van der Waals surface area contributed by atoms with Crippen LogP contribution in [0.5, 0.6) is 5.75 Å². The standard InChI is InChI=1S/C29H29N3O3S/c1-3-21-8-12-23(13-9-21)28(29(34)31-19-22-10-14-25(35-2)15-11-22)32(24-6-4-16-30-20-24)27(33)18-26-7-5-17-36-26/h4-17,20,28H,3,18-19H2,1-2H3,(H,31,34)/t28-/m0/s1. The van der Waals surface area contributed by atoms with Crippen molar-refractivity contribution in [2.45, 2.75) is 32.4 Å². The normalized spacial score (nSPS) is 11.5. The zero-order valence-electron chi connectivity index (χ0n) is 20.4. The van der Waals surface area contributed by atoms with Gasteiger partial charge in [-0.15, -0.1) is 11.3 Å². The first-order chi connectivity index (χ1) is 17.6. The second-order valence-electron chi connectivity index (χ2n) is 8.29. The topological polar surface area (TPSA) is 71.5 Å². The number of amides is 2. The maximum absolute atomic E-state index is 13.8. The summed E-state index contributed by atoms with van der Waals surface area (Å²) in [6.07, 6.45) is 4.36. The van der Waals surface area contributed by atoms with Gasteiger partial charge in [0.25, 0.3) is 0 Å². The van der Waals surface area contributed by atoms with Crippen LogP contribution in [0, 0.1) is 0 Å². The molecule has 0 spiro atoms. The Kier molecular flexibility index (Phi) is 8.47. The summed E-state index contributed by atoms with van der Waals surface area (Å²) in [6, 6.07) is 22.0. The van der Waals surface area contributed by atoms with Crippen molar-refractivity contribution in [3.8, 4) is 5.75 Å². The van der Waals surface area contributed by atoms with Gasteiger partial charge in [-0.2, -0.15) is 0 Å². The Hall–Kier alpha value is -3.97. The monoisotopic (exact) mass is 499 g/mol. The lowest BCUT2D eigenvalue weighted by Gasteiger charge is -2.31. The molecular weight excluding hydrogens is 470 g/mol. The summed E-state index contributed by atoms with van der Waals surface area (Å²) >= 11 is 1.52. The van der Waals surface area contributed by atoms with E-state index in [0.717, 1.165) is 33.7 Å². The molecule has 0 radical (unpaired) electrons. The molecule has 4 aromatic rings. The van der Waals surface area contributed by atoms with Crippen LogP contribution in [0.25, 0.3) is 0 Å². The molecule has 2 amide bonds. The molecule has 0 saturated carbocycles. The number of anilines is 1. The first kappa shape index (κ1) is 25.1. The lowest BCUT2D eigenvalue weighted by molar-refractivity contribution is -0.126. The van der Waals surface area contributed by atoms with Crippen molar-refractivity contribution < 1.29 is 14.3 Å². The van der Waals surface area contributed by atoms with Crippen LogP contribution in [0.2, 0.25) is 0 Å². The van der Waals surface area contributed by atoms with E-state index in [9.17, 15) is 9.59 Å². The van der Waals surface area contributed by atoms with Crippen molar-refractivity contribution in [3.63, 3.8) is 0 Å². The van der Waals surface area contributed by atoms with E-state index in [1.165, 1.54) is 11.3 Å². The van der Waals surface area contributed by atoms with Gasteiger partial charge in [0.15, 0.2) is 0 Å². The summed E-state index contributed by atoms with van der Waals surface area (Å²) in [5.74, 6) is 0.314. The molecule has 1 atom stereocenters. The van der Waals surface area contributed by atoms with Gasteiger partial charge in [-0.1, -0.05) is 49.4 Å². The predicted molar refractivity (Wildman–Crippen MR) is 143 cm³/mol. The highest BCUT2D eigenvalue weighted by Crippen LogP contribution is 2.29. The van der Waals surface area contributed by atoms with Crippen LogP contribution in [0.3, 0.4) is 0 Å². The van der Waals surface area contributed by atoms with E-state index < -0.39 is 6.04 Å². The Morgan fingerprint density at radius 1 is 1.00 bits per heavy atom. The minimum atomic E-state index is -0.856. The lowest BCUT2D eigenvalue weighted by atomic mass is 10.00. The number of ether oxygens (including phenoxy) is 1. The molecule has 4 rings (SSSR count). The summed E-state index contributed by atoms with van der Waals surface area (Å²) in [5, 5.41) is 4.98. The Labute approximate surface area is 215 Å². The Morgan fingerprint density at radius 3 is 2.36 bits per heavy atom. The summed E-state index contributed by atoms with van der Waals surface area (Å²) in [6.45, 7) is 2.41. The van der Waals surface area contributed by atoms with E-state index in [0.29, 0.717) is 12.2 Å². The van der Waals surface area contributed by atoms with Crippen LogP contribution in [-0.2, 0) is 29.0 Å². The molecule has 0 unspecified atom stereocenters. The first-order valence-electron chi connectivity index (χ1n) is 11.8. The number of carbonyl (C=O) groups excluding carboxylic acids is 2. The highest BCUT2D eigenvalue weighted by atomic mass is 32.1. The maximum Gasteiger partial charge on any atom is 0.248 e. The number of nitrogens with one attached hydrogen (secondary N) is 1. The van der Waals surface area contributed by atoms with Gasteiger partial charge in [0.2, 0.25) is 11.8 Å². The molecule has 7 heteroatoms. The van der Waals surface area contributed by atoms with Crippen LogP contribution in [-0.4, -0.2) is 23.9 Å². The fourth-order valence-corrected chi connectivity index (χ4v) is 4.66. The third kappa shape index (κ3) is 6.17. The molecule has 2 aromatic carbocycles. The zero-order chi connectivity index (χ0) is 25.3. The van der Waals surface area contributed by atoms with E-state index in [2.05, 4.69) is 17.2 Å². The van der Waals surface area contributed by atoms with Crippen molar-refractivity contribution in [2.24, 2.45) is 0 Å². The summed E-state index contributed by atoms with van der Waals surface area (Å²) in [7, 11) is 1.62. The average Bonchev–Trinajstić information content (AvgIpc) is 3.44. The molecule has 1 N–H and O–H groups in total. The van der Waals surface area contributed by atoms with E-state index in [1.807, 2.05) is 72.1 Å². The number of hydrogen-bond donors (Lipinski definition) is 1. The highest BCUT2D eigenvalue weighted by molar-refractivity contribution is 7.10. The van der Waals surface area contributed by atoms with Crippen molar-refractivity contribution in [1.29, 1.82) is 0 Å². The molecular formula is C29H29N3O3S. The van der Waals surface area contributed by atoms with Crippen LogP contribution in [0.1, 0.15) is 34.5 Å². The van der Waals surface area contributed by atoms with Crippen molar-refractivity contribution in [1.82, 2.24) is 10.3 Å². The Balaban J connectivity index is 1.68. The summed E-state index contributed by atoms with van der Waals surface area (Å²) in [5.41, 5.74) is 3.40. The Morgan fingerprint density at radius 2 is 1.75 bits per heavy atom. The SMILES string of the molecule is CCc1ccc([C@@H](C(=O)NCc2ccc(OC)cc2)N(C(=O)Cc2cccs2)c2cccnc2)cc1. The fourth-order valence-electron chi connectivity index (χ4n) is 3.96. The summed E-state index contributed by atoms with van der Waals surface area (Å²) in [4.78, 5) is 34.2. The third-order valence-electron chi connectivity index (χ3n) is 5.93. The molecule has 0 saturated heterocycles. The summed E-state index contributed by atoms with van der Waals surface area (Å²) < 4.78 is 5.22. The molecule has 0 bridgehead atoms. The number of nitrogens with zero attached hydrogens (tertiary/aromatic N) is 2. The van der Waals surface area contributed by atoms with Gasteiger partial charge >= 0.3 is 0 Å². The zero-order valence-corrected chi connectivity index (χ0v) is 21.2. The number of rotatable bonds is 10. The van der Waals surface area contributed by atoms with Gasteiger partial charge in [-0.3, -0.25) is 19.5 Å². The van der Waals surface area contributed by atoms with Gasteiger partial charge in [0.05, 0.1) is 25.4 Å². The number of aromatic nitrogens is 1. The second-order valence-corrected chi connectivity index (χ2v) is 9.33. The minimum absolute atomic E-state index is 0.172. The van der Waals surface area contributed by atoms with E-state index >= 15 is 0 Å². The maximum atomic E-state index is 13.8. The van der Waals surface area contributed by atoms with E-state index in [4.69, 9.17) is 4.74 Å². The molecule has 0 aliphatic heterocycles. The number of pyridine rings is 1. The van der Waals surface area contributed by atoms with Crippen LogP contribution in [0.4, 0.5) is 5.69 Å². The molecule has 184 valence electrons. The molecule has 0 aliphatic rings. The van der Waals surface area contributed by atoms with E-state index in [1.54, 1.807) is 30.5 Å². The first-order valence-corrected chi connectivity index (χ1v) is 12.7. The number of thiophene rings is 1. The van der Waals surface area contributed by atoms with E-state index in [-0.39, 0.29) is 18.2 Å². The molecule has 36 heavy (non-hydrogen) atoms. The van der Waals surface area contributed by atoms with Crippen LogP contribution < -0.4 is 15.0 Å². The predicted octanol–water partition coefficient (Wildman–Crippen LogP) is 5.35. The number of aryl methyl sites for hydroxylation is 1. The smallest absolute Gasteiger partial charge is 0.248 e. The molecule has 0 fully saturated rings. The number of carbonyl (C=O) groups is 2. The lowest BCUT2D eigenvalue weighted by Crippen LogP contribution is -2.44. The average molecular weight is 500 g/mol. The largest absolute Gasteiger partial charge is 0.497 e. The molecule has 2 heterocycles. The van der Waals surface area contributed by atoms with Crippen LogP contribution >= 0.6 is 11.3 Å². The fraction of sp³-hybridized carbons (Fsp3) is 0.207. The van der Waals surface area contributed by atoms with Crippen molar-refractivity contribution in [3.05, 3.63) is 112 Å². The van der Waals surface area contributed by atoms with Gasteiger partial charge in [-0.05, 0) is 58.8 Å². The van der Waals surface area contributed by atoms with Crippen molar-refractivity contribution in [2.75, 3.05) is 12.0 Å². The minimum Gasteiger partial charge on any atom is -0.497 e. The van der Waals surface area contributed by atoms with Gasteiger partial charge < -0.3 is 10.1 Å². The molecule has 2 aromatic heterocycles. The Bertz CT molecular complexity index is 1260. The third-order valence-corrected chi connectivity index (χ3v) is 6.81. The van der Waals surface area contributed by atoms with Crippen molar-refractivity contribution >= 4 is 28.8 Å². The van der Waals surface area contributed by atoms with Gasteiger partial charge in [-0.25, -0.2) is 0 Å². The van der Waals surface area contributed by atoms with Crippen LogP contribution in [0.15, 0.2) is 90.6 Å². The molecule has 6 nitrogen and oxygen atoms in total. The number of benzene rings is 2. The number of methoxy groups -OCH3 is 1. The molecule has 0 aliphatic carbocycles. The second kappa shape index (κ2) is 12.1. The highest BCUT2D eigenvalue weighted by Gasteiger charge is 2.33. The number of hydrogen-bond acceptors (Lipinski definition) is 5. The quantitative estimate of drug-likeness (QED) is 0.319. The van der Waals surface area contributed by atoms with Gasteiger partial charge in [0.1, 0.15) is 11.8 Å². The van der Waals surface area contributed by atoms with Gasteiger partial charge in [0, 0.05) is 17.6 Å².